The van der Waals surface area contributed by atoms with E-state index in [4.69, 9.17) is 5.26 Å². The van der Waals surface area contributed by atoms with Crippen molar-refractivity contribution >= 4 is 0 Å². The number of rotatable bonds is 4. The molecule has 1 fully saturated rings. The molecule has 1 aromatic rings. The maximum atomic E-state index is 13.5. The largest absolute Gasteiger partial charge is 0.393 e. The Balaban J connectivity index is 1.87. The minimum absolute atomic E-state index is 0.239. The molecule has 19 heavy (non-hydrogen) atoms. The molecule has 102 valence electrons. The lowest BCUT2D eigenvalue weighted by molar-refractivity contribution is 0.0695. The Kier molecular flexibility index (Phi) is 4.89. The van der Waals surface area contributed by atoms with E-state index in [1.807, 2.05) is 6.07 Å². The molecule has 0 saturated heterocycles. The molecule has 0 bridgehead atoms. The third-order valence-electron chi connectivity index (χ3n) is 3.77. The number of aliphatic hydroxyl groups excluding tert-OH is 1. The first-order valence-electron chi connectivity index (χ1n) is 6.78. The van der Waals surface area contributed by atoms with Crippen molar-refractivity contribution in [1.29, 1.82) is 5.26 Å². The highest BCUT2D eigenvalue weighted by Gasteiger charge is 2.22. The van der Waals surface area contributed by atoms with Crippen molar-refractivity contribution in [2.75, 3.05) is 6.54 Å². The molecule has 2 unspecified atom stereocenters. The first-order valence-corrected chi connectivity index (χ1v) is 6.78. The zero-order valence-corrected chi connectivity index (χ0v) is 10.9. The Bertz CT molecular complexity index is 470. The van der Waals surface area contributed by atoms with E-state index in [-0.39, 0.29) is 17.8 Å². The number of benzene rings is 1. The fourth-order valence-electron chi connectivity index (χ4n) is 2.60. The van der Waals surface area contributed by atoms with Crippen molar-refractivity contribution in [3.8, 4) is 6.07 Å². The molecule has 1 aliphatic carbocycles. The molecule has 0 heterocycles. The topological polar surface area (TPSA) is 56.0 Å². The van der Waals surface area contributed by atoms with Gasteiger partial charge in [-0.05, 0) is 37.0 Å². The highest BCUT2D eigenvalue weighted by molar-refractivity contribution is 5.33. The zero-order valence-electron chi connectivity index (χ0n) is 10.9. The number of hydrogen-bond donors (Lipinski definition) is 2. The van der Waals surface area contributed by atoms with Gasteiger partial charge in [0.05, 0.1) is 17.7 Å². The van der Waals surface area contributed by atoms with Crippen LogP contribution in [0.2, 0.25) is 0 Å². The van der Waals surface area contributed by atoms with E-state index >= 15 is 0 Å². The van der Waals surface area contributed by atoms with Gasteiger partial charge in [-0.1, -0.05) is 12.8 Å². The zero-order chi connectivity index (χ0) is 13.7. The Hall–Kier alpha value is -1.44. The standard InChI is InChI=1S/C15H19FN2O/c16-14-6-5-11(8-17)7-13(14)10-18-9-12-3-1-2-4-15(12)19/h5-7,12,15,18-19H,1-4,9-10H2. The van der Waals surface area contributed by atoms with Gasteiger partial charge in [-0.25, -0.2) is 4.39 Å². The average molecular weight is 262 g/mol. The van der Waals surface area contributed by atoms with E-state index < -0.39 is 0 Å². The van der Waals surface area contributed by atoms with Gasteiger partial charge < -0.3 is 10.4 Å². The van der Waals surface area contributed by atoms with Crippen molar-refractivity contribution < 1.29 is 9.50 Å². The number of nitrogens with one attached hydrogen (secondary N) is 1. The molecular formula is C15H19FN2O. The molecular weight excluding hydrogens is 243 g/mol. The molecule has 2 N–H and O–H groups in total. The molecule has 0 aromatic heterocycles. The maximum absolute atomic E-state index is 13.5. The molecule has 0 spiro atoms. The summed E-state index contributed by atoms with van der Waals surface area (Å²) in [5.74, 6) is -0.0355. The number of nitrogens with zero attached hydrogens (tertiary/aromatic N) is 1. The van der Waals surface area contributed by atoms with Crippen LogP contribution in [0.1, 0.15) is 36.8 Å². The Morgan fingerprint density at radius 3 is 2.89 bits per heavy atom. The third kappa shape index (κ3) is 3.76. The quantitative estimate of drug-likeness (QED) is 0.875. The summed E-state index contributed by atoms with van der Waals surface area (Å²) in [7, 11) is 0. The summed E-state index contributed by atoms with van der Waals surface area (Å²) in [5, 5.41) is 21.8. The van der Waals surface area contributed by atoms with Crippen LogP contribution >= 0.6 is 0 Å². The number of halogens is 1. The van der Waals surface area contributed by atoms with Crippen molar-refractivity contribution in [2.45, 2.75) is 38.3 Å². The summed E-state index contributed by atoms with van der Waals surface area (Å²) in [6.45, 7) is 1.09. The van der Waals surface area contributed by atoms with Crippen LogP contribution in [0.4, 0.5) is 4.39 Å². The van der Waals surface area contributed by atoms with Crippen LogP contribution in [0.25, 0.3) is 0 Å². The number of aliphatic hydroxyl groups is 1. The summed E-state index contributed by atoms with van der Waals surface area (Å²) < 4.78 is 13.5. The average Bonchev–Trinajstić information content (AvgIpc) is 2.43. The molecule has 2 rings (SSSR count). The highest BCUT2D eigenvalue weighted by Crippen LogP contribution is 2.23. The van der Waals surface area contributed by atoms with Gasteiger partial charge in [-0.15, -0.1) is 0 Å². The van der Waals surface area contributed by atoms with Gasteiger partial charge in [0.2, 0.25) is 0 Å². The first-order chi connectivity index (χ1) is 9.20. The van der Waals surface area contributed by atoms with Crippen LogP contribution in [0.3, 0.4) is 0 Å². The van der Waals surface area contributed by atoms with Gasteiger partial charge >= 0.3 is 0 Å². The van der Waals surface area contributed by atoms with E-state index in [1.54, 1.807) is 6.07 Å². The van der Waals surface area contributed by atoms with Crippen molar-refractivity contribution in [1.82, 2.24) is 5.32 Å². The second-order valence-corrected chi connectivity index (χ2v) is 5.16. The van der Waals surface area contributed by atoms with Crippen molar-refractivity contribution in [3.05, 3.63) is 35.1 Å². The highest BCUT2D eigenvalue weighted by atomic mass is 19.1. The van der Waals surface area contributed by atoms with Gasteiger partial charge in [-0.3, -0.25) is 0 Å². The maximum Gasteiger partial charge on any atom is 0.127 e. The smallest absolute Gasteiger partial charge is 0.127 e. The minimum Gasteiger partial charge on any atom is -0.393 e. The molecule has 1 saturated carbocycles. The van der Waals surface area contributed by atoms with E-state index in [2.05, 4.69) is 5.32 Å². The van der Waals surface area contributed by atoms with Gasteiger partial charge in [-0.2, -0.15) is 5.26 Å². The van der Waals surface area contributed by atoms with Crippen LogP contribution in [0.15, 0.2) is 18.2 Å². The molecule has 1 aromatic carbocycles. The molecule has 2 atom stereocenters. The fraction of sp³-hybridized carbons (Fsp3) is 0.533. The van der Waals surface area contributed by atoms with Gasteiger partial charge in [0.25, 0.3) is 0 Å². The number of hydrogen-bond acceptors (Lipinski definition) is 3. The lowest BCUT2D eigenvalue weighted by Crippen LogP contribution is -2.33. The summed E-state index contributed by atoms with van der Waals surface area (Å²) in [5.41, 5.74) is 0.972. The van der Waals surface area contributed by atoms with Crippen LogP contribution in [0.5, 0.6) is 0 Å². The summed E-state index contributed by atoms with van der Waals surface area (Å²) >= 11 is 0. The normalized spacial score (nSPS) is 23.0. The Morgan fingerprint density at radius 2 is 2.16 bits per heavy atom. The van der Waals surface area contributed by atoms with Crippen molar-refractivity contribution in [2.24, 2.45) is 5.92 Å². The fourth-order valence-corrected chi connectivity index (χ4v) is 2.60. The Morgan fingerprint density at radius 1 is 1.37 bits per heavy atom. The van der Waals surface area contributed by atoms with E-state index in [0.717, 1.165) is 25.7 Å². The lowest BCUT2D eigenvalue weighted by Gasteiger charge is -2.27. The van der Waals surface area contributed by atoms with Crippen LogP contribution in [-0.4, -0.2) is 17.8 Å². The van der Waals surface area contributed by atoms with E-state index in [9.17, 15) is 9.50 Å². The summed E-state index contributed by atoms with van der Waals surface area (Å²) in [6.07, 6.45) is 3.90. The summed E-state index contributed by atoms with van der Waals surface area (Å²) in [4.78, 5) is 0. The SMILES string of the molecule is N#Cc1ccc(F)c(CNCC2CCCCC2O)c1. The van der Waals surface area contributed by atoms with Crippen LogP contribution in [-0.2, 0) is 6.54 Å². The van der Waals surface area contributed by atoms with Crippen LogP contribution < -0.4 is 5.32 Å². The predicted octanol–water partition coefficient (Wildman–Crippen LogP) is 2.34. The van der Waals surface area contributed by atoms with Crippen molar-refractivity contribution in [3.63, 3.8) is 0 Å². The first kappa shape index (κ1) is 14.0. The lowest BCUT2D eigenvalue weighted by atomic mass is 9.86. The Labute approximate surface area is 113 Å². The van der Waals surface area contributed by atoms with E-state index in [0.29, 0.717) is 24.2 Å². The van der Waals surface area contributed by atoms with Gasteiger partial charge in [0.1, 0.15) is 5.82 Å². The predicted molar refractivity (Wildman–Crippen MR) is 70.8 cm³/mol. The summed E-state index contributed by atoms with van der Waals surface area (Å²) in [6, 6.07) is 6.38. The molecule has 0 aliphatic heterocycles. The molecule has 1 aliphatic rings. The monoisotopic (exact) mass is 262 g/mol. The number of nitriles is 1. The van der Waals surface area contributed by atoms with Gasteiger partial charge in [0, 0.05) is 18.7 Å². The van der Waals surface area contributed by atoms with Crippen LogP contribution in [0, 0.1) is 23.1 Å². The second-order valence-electron chi connectivity index (χ2n) is 5.16. The third-order valence-corrected chi connectivity index (χ3v) is 3.77. The molecule has 3 nitrogen and oxygen atoms in total. The molecule has 4 heteroatoms. The van der Waals surface area contributed by atoms with E-state index in [1.165, 1.54) is 12.1 Å². The molecule has 0 amide bonds. The second kappa shape index (κ2) is 6.65. The van der Waals surface area contributed by atoms with Gasteiger partial charge in [0.15, 0.2) is 0 Å². The minimum atomic E-state index is -0.296. The molecule has 0 radical (unpaired) electrons.